The van der Waals surface area contributed by atoms with Crippen molar-refractivity contribution < 1.29 is 9.84 Å². The summed E-state index contributed by atoms with van der Waals surface area (Å²) in [4.78, 5) is 2.47. The third-order valence-corrected chi connectivity index (χ3v) is 4.71. The highest BCUT2D eigenvalue weighted by molar-refractivity contribution is 5.01. The molecule has 2 rings (SSSR count). The normalized spacial score (nSPS) is 36.7. The number of hydrogen-bond donors (Lipinski definition) is 2. The maximum atomic E-state index is 9.72. The number of hydrogen-bond acceptors (Lipinski definition) is 4. The predicted molar refractivity (Wildman–Crippen MR) is 72.6 cm³/mol. The van der Waals surface area contributed by atoms with E-state index in [0.29, 0.717) is 12.1 Å². The Morgan fingerprint density at radius 1 is 1.44 bits per heavy atom. The smallest absolute Gasteiger partial charge is 0.0826 e. The molecule has 1 aliphatic heterocycles. The molecule has 106 valence electrons. The molecule has 0 aromatic carbocycles. The molecular weight excluding hydrogens is 228 g/mol. The van der Waals surface area contributed by atoms with Crippen molar-refractivity contribution in [1.29, 1.82) is 0 Å². The minimum absolute atomic E-state index is 0.00635. The van der Waals surface area contributed by atoms with Gasteiger partial charge in [-0.05, 0) is 20.3 Å². The van der Waals surface area contributed by atoms with Gasteiger partial charge in [0.15, 0.2) is 0 Å². The first-order valence-corrected chi connectivity index (χ1v) is 7.18. The minimum Gasteiger partial charge on any atom is -0.392 e. The monoisotopic (exact) mass is 256 g/mol. The maximum absolute atomic E-state index is 9.72. The molecule has 0 amide bonds. The molecule has 2 aliphatic rings. The van der Waals surface area contributed by atoms with Crippen molar-refractivity contribution in [3.63, 3.8) is 0 Å². The second-order valence-electron chi connectivity index (χ2n) is 6.62. The van der Waals surface area contributed by atoms with Gasteiger partial charge in [-0.15, -0.1) is 0 Å². The Labute approximate surface area is 111 Å². The van der Waals surface area contributed by atoms with Crippen molar-refractivity contribution >= 4 is 0 Å². The van der Waals surface area contributed by atoms with E-state index in [1.165, 1.54) is 0 Å². The summed E-state index contributed by atoms with van der Waals surface area (Å²) in [5.41, 5.74) is 0.00635. The van der Waals surface area contributed by atoms with Gasteiger partial charge in [0.25, 0.3) is 0 Å². The summed E-state index contributed by atoms with van der Waals surface area (Å²) < 4.78 is 5.81. The van der Waals surface area contributed by atoms with Gasteiger partial charge >= 0.3 is 0 Å². The number of ether oxygens (including phenoxy) is 1. The fourth-order valence-electron chi connectivity index (χ4n) is 2.86. The van der Waals surface area contributed by atoms with Gasteiger partial charge in [-0.3, -0.25) is 4.90 Å². The van der Waals surface area contributed by atoms with Crippen LogP contribution in [0.4, 0.5) is 0 Å². The molecular formula is C14H28N2O2. The topological polar surface area (TPSA) is 44.7 Å². The van der Waals surface area contributed by atoms with Gasteiger partial charge in [0.1, 0.15) is 0 Å². The quantitative estimate of drug-likeness (QED) is 0.782. The van der Waals surface area contributed by atoms with Crippen LogP contribution in [0.2, 0.25) is 0 Å². The van der Waals surface area contributed by atoms with Crippen LogP contribution in [0.5, 0.6) is 0 Å². The molecule has 0 bridgehead atoms. The molecule has 3 atom stereocenters. The Morgan fingerprint density at radius 2 is 2.17 bits per heavy atom. The van der Waals surface area contributed by atoms with Crippen LogP contribution in [0.1, 0.15) is 34.1 Å². The van der Waals surface area contributed by atoms with Crippen molar-refractivity contribution in [2.45, 2.75) is 58.4 Å². The Morgan fingerprint density at radius 3 is 2.72 bits per heavy atom. The zero-order valence-corrected chi connectivity index (χ0v) is 12.1. The molecule has 18 heavy (non-hydrogen) atoms. The molecule has 1 aliphatic carbocycles. The van der Waals surface area contributed by atoms with E-state index in [4.69, 9.17) is 4.74 Å². The van der Waals surface area contributed by atoms with E-state index in [1.807, 2.05) is 0 Å². The Balaban J connectivity index is 1.74. The number of aliphatic hydroxyl groups excluding tert-OH is 1. The number of rotatable bonds is 4. The summed E-state index contributed by atoms with van der Waals surface area (Å²) in [7, 11) is 0. The predicted octanol–water partition coefficient (Wildman–Crippen LogP) is 0.845. The van der Waals surface area contributed by atoms with Crippen molar-refractivity contribution in [1.82, 2.24) is 10.2 Å². The van der Waals surface area contributed by atoms with Gasteiger partial charge in [-0.1, -0.05) is 13.8 Å². The standard InChI is InChI=1S/C14H28N2O2/c1-10(2)16-5-6-18-11(9-16)8-15-12-7-13(17)14(12,3)4/h10-13,15,17H,5-9H2,1-4H3. The molecule has 3 unspecified atom stereocenters. The molecule has 4 nitrogen and oxygen atoms in total. The third-order valence-electron chi connectivity index (χ3n) is 4.71. The van der Waals surface area contributed by atoms with Gasteiger partial charge in [-0.25, -0.2) is 0 Å². The number of morpholine rings is 1. The van der Waals surface area contributed by atoms with Crippen LogP contribution in [0.3, 0.4) is 0 Å². The zero-order valence-electron chi connectivity index (χ0n) is 12.1. The van der Waals surface area contributed by atoms with Crippen LogP contribution in [0.15, 0.2) is 0 Å². The van der Waals surface area contributed by atoms with E-state index in [0.717, 1.165) is 32.7 Å². The van der Waals surface area contributed by atoms with E-state index < -0.39 is 0 Å². The SMILES string of the molecule is CC(C)N1CCOC(CNC2CC(O)C2(C)C)C1. The fourth-order valence-corrected chi connectivity index (χ4v) is 2.86. The highest BCUT2D eigenvalue weighted by atomic mass is 16.5. The molecule has 1 heterocycles. The lowest BCUT2D eigenvalue weighted by molar-refractivity contribution is -0.0836. The van der Waals surface area contributed by atoms with Crippen LogP contribution < -0.4 is 5.32 Å². The summed E-state index contributed by atoms with van der Waals surface area (Å²) in [6.45, 7) is 12.5. The zero-order chi connectivity index (χ0) is 13.3. The van der Waals surface area contributed by atoms with Crippen LogP contribution in [-0.2, 0) is 4.74 Å². The molecule has 0 aromatic rings. The minimum atomic E-state index is -0.158. The van der Waals surface area contributed by atoms with Gasteiger partial charge in [0, 0.05) is 37.1 Å². The summed E-state index contributed by atoms with van der Waals surface area (Å²) in [6.07, 6.45) is 0.997. The summed E-state index contributed by atoms with van der Waals surface area (Å²) >= 11 is 0. The van der Waals surface area contributed by atoms with Crippen LogP contribution in [0.25, 0.3) is 0 Å². The third kappa shape index (κ3) is 2.87. The maximum Gasteiger partial charge on any atom is 0.0826 e. The summed E-state index contributed by atoms with van der Waals surface area (Å²) in [6, 6.07) is 1.02. The number of nitrogens with one attached hydrogen (secondary N) is 1. The fraction of sp³-hybridized carbons (Fsp3) is 1.00. The molecule has 0 aromatic heterocycles. The van der Waals surface area contributed by atoms with Crippen LogP contribution in [-0.4, -0.2) is 60.5 Å². The first kappa shape index (κ1) is 14.3. The molecule has 0 spiro atoms. The van der Waals surface area contributed by atoms with E-state index in [1.54, 1.807) is 0 Å². The second-order valence-corrected chi connectivity index (χ2v) is 6.62. The lowest BCUT2D eigenvalue weighted by Gasteiger charge is -2.50. The van der Waals surface area contributed by atoms with E-state index >= 15 is 0 Å². The molecule has 1 saturated heterocycles. The molecule has 2 N–H and O–H groups in total. The number of aliphatic hydroxyl groups is 1. The molecule has 1 saturated carbocycles. The van der Waals surface area contributed by atoms with Crippen molar-refractivity contribution in [3.8, 4) is 0 Å². The van der Waals surface area contributed by atoms with Gasteiger partial charge in [-0.2, -0.15) is 0 Å². The molecule has 0 radical (unpaired) electrons. The highest BCUT2D eigenvalue weighted by Gasteiger charge is 2.47. The van der Waals surface area contributed by atoms with Gasteiger partial charge < -0.3 is 15.2 Å². The lowest BCUT2D eigenvalue weighted by Crippen LogP contribution is -2.61. The first-order valence-electron chi connectivity index (χ1n) is 7.18. The van der Waals surface area contributed by atoms with Crippen molar-refractivity contribution in [2.75, 3.05) is 26.2 Å². The van der Waals surface area contributed by atoms with Crippen LogP contribution >= 0.6 is 0 Å². The summed E-state index contributed by atoms with van der Waals surface area (Å²) in [5.74, 6) is 0. The largest absolute Gasteiger partial charge is 0.392 e. The van der Waals surface area contributed by atoms with E-state index in [9.17, 15) is 5.11 Å². The van der Waals surface area contributed by atoms with E-state index in [2.05, 4.69) is 37.9 Å². The number of nitrogens with zero attached hydrogens (tertiary/aromatic N) is 1. The van der Waals surface area contributed by atoms with Gasteiger partial charge in [0.05, 0.1) is 18.8 Å². The average Bonchev–Trinajstić information content (AvgIpc) is 2.34. The van der Waals surface area contributed by atoms with Crippen molar-refractivity contribution in [2.24, 2.45) is 5.41 Å². The first-order chi connectivity index (χ1) is 8.41. The molecule has 2 fully saturated rings. The summed E-state index contributed by atoms with van der Waals surface area (Å²) in [5, 5.41) is 13.3. The Bertz CT molecular complexity index is 281. The second kappa shape index (κ2) is 5.45. The van der Waals surface area contributed by atoms with Crippen molar-refractivity contribution in [3.05, 3.63) is 0 Å². The lowest BCUT2D eigenvalue weighted by atomic mass is 9.64. The Hall–Kier alpha value is -0.160. The average molecular weight is 256 g/mol. The highest BCUT2D eigenvalue weighted by Crippen LogP contribution is 2.40. The Kier molecular flexibility index (Phi) is 4.32. The van der Waals surface area contributed by atoms with Gasteiger partial charge in [0.2, 0.25) is 0 Å². The van der Waals surface area contributed by atoms with Crippen LogP contribution in [0, 0.1) is 5.41 Å². The molecule has 4 heteroatoms. The van der Waals surface area contributed by atoms with E-state index in [-0.39, 0.29) is 17.6 Å².